The van der Waals surface area contributed by atoms with Crippen molar-refractivity contribution in [2.45, 2.75) is 285 Å². The summed E-state index contributed by atoms with van der Waals surface area (Å²) in [5, 5.41) is 33.5. The van der Waals surface area contributed by atoms with Gasteiger partial charge in [-0.2, -0.15) is 0 Å². The first-order chi connectivity index (χ1) is 70.8. The lowest BCUT2D eigenvalue weighted by atomic mass is 9.90. The lowest BCUT2D eigenvalue weighted by Gasteiger charge is -2.31. The number of carbonyl (C=O) groups excluding carboxylic acids is 5. The molecule has 2 saturated carbocycles. The quantitative estimate of drug-likeness (QED) is 0.0169. The minimum absolute atomic E-state index is 0.0228. The minimum Gasteiger partial charge on any atom is -0.493 e. The highest BCUT2D eigenvalue weighted by atomic mass is 16.5. The van der Waals surface area contributed by atoms with Crippen LogP contribution in [-0.2, 0) is 24.0 Å². The van der Waals surface area contributed by atoms with Crippen LogP contribution in [0.2, 0.25) is 0 Å². The highest BCUT2D eigenvalue weighted by Gasteiger charge is 2.34. The van der Waals surface area contributed by atoms with Gasteiger partial charge in [0.05, 0.1) is 98.4 Å². The summed E-state index contributed by atoms with van der Waals surface area (Å²) in [4.78, 5) is 64.1. The minimum atomic E-state index is -1.11. The lowest BCUT2D eigenvalue weighted by Crippen LogP contribution is -2.48. The van der Waals surface area contributed by atoms with Gasteiger partial charge in [0.1, 0.15) is 28.7 Å². The Morgan fingerprint density at radius 2 is 0.565 bits per heavy atom. The van der Waals surface area contributed by atoms with Crippen molar-refractivity contribution in [2.75, 3.05) is 72.3 Å². The number of benzene rings is 10. The van der Waals surface area contributed by atoms with Crippen LogP contribution in [0, 0.1) is 35.5 Å². The van der Waals surface area contributed by atoms with E-state index in [1.54, 1.807) is 13.8 Å². The molecule has 10 aromatic carbocycles. The summed E-state index contributed by atoms with van der Waals surface area (Å²) < 4.78 is 29.4. The van der Waals surface area contributed by atoms with Crippen molar-refractivity contribution in [1.29, 1.82) is 0 Å². The molecule has 2 aliphatic rings. The van der Waals surface area contributed by atoms with Crippen molar-refractivity contribution >= 4 is 29.5 Å². The molecule has 0 heterocycles. The normalized spacial score (nSPS) is 15.6. The SMILES string of the molecule is CCCC(C)COc1ccc([C@@H](NC(=O)[C@@H](C)c2ccccc2)C(C)(C)O)cc1.CCCC(C)COc1ccc([C@H](CN)NC(=O)[C@@H](C)c2ccccc2)cc1.CCCC(C)COc1ccc([C@H](CNCC2(N)CCCC2)NC(=O)[C@@H](C)c2ccccc2)cc1.CCCC(C)COc1ccc([C@H](CNCC2CC2)NC(=O)[C@@H](C)c2ccccc2)cc1.CC[C@H](C)COc1ccc([C@H](CN)NC(=O)[C@@H](C)c2ccccc2)cc1. The number of amides is 5. The van der Waals surface area contributed by atoms with Crippen LogP contribution in [0.3, 0.4) is 0 Å². The van der Waals surface area contributed by atoms with Gasteiger partial charge in [-0.1, -0.05) is 327 Å². The number of nitrogens with one attached hydrogen (secondary N) is 7. The second-order valence-electron chi connectivity index (χ2n) is 41.8. The second kappa shape index (κ2) is 65.2. The molecular formula is C126H178N10O11. The fourth-order valence-corrected chi connectivity index (χ4v) is 17.7. The number of hydrogen-bond acceptors (Lipinski definition) is 16. The van der Waals surface area contributed by atoms with E-state index in [0.717, 1.165) is 162 Å². The van der Waals surface area contributed by atoms with Gasteiger partial charge in [-0.15, -0.1) is 0 Å². The Morgan fingerprint density at radius 1 is 0.327 bits per heavy atom. The van der Waals surface area contributed by atoms with Crippen molar-refractivity contribution in [2.24, 2.45) is 52.7 Å². The van der Waals surface area contributed by atoms with E-state index in [1.807, 2.05) is 283 Å². The Labute approximate surface area is 881 Å². The summed E-state index contributed by atoms with van der Waals surface area (Å²) >= 11 is 0. The molecule has 0 aliphatic heterocycles. The number of nitrogens with two attached hydrogens (primary N) is 3. The van der Waals surface area contributed by atoms with Crippen LogP contribution >= 0.6 is 0 Å². The molecule has 0 spiro atoms. The predicted molar refractivity (Wildman–Crippen MR) is 602 cm³/mol. The van der Waals surface area contributed by atoms with E-state index in [9.17, 15) is 29.1 Å². The third kappa shape index (κ3) is 43.6. The molecule has 5 amide bonds. The predicted octanol–water partition coefficient (Wildman–Crippen LogP) is 24.5. The zero-order chi connectivity index (χ0) is 106. The van der Waals surface area contributed by atoms with Gasteiger partial charge in [-0.25, -0.2) is 0 Å². The Balaban J connectivity index is 0.000000225. The molecule has 0 aromatic heterocycles. The topological polar surface area (TPSA) is 314 Å². The molecule has 0 radical (unpaired) electrons. The fourth-order valence-electron chi connectivity index (χ4n) is 17.7. The summed E-state index contributed by atoms with van der Waals surface area (Å²) in [6.07, 6.45) is 17.6. The van der Waals surface area contributed by atoms with E-state index >= 15 is 0 Å². The summed E-state index contributed by atoms with van der Waals surface area (Å²) in [6, 6.07) is 87.6. The van der Waals surface area contributed by atoms with Crippen LogP contribution < -0.4 is 78.1 Å². The molecule has 0 saturated heterocycles. The number of carbonyl (C=O) groups is 5. The van der Waals surface area contributed by atoms with E-state index < -0.39 is 11.6 Å². The Morgan fingerprint density at radius 3 is 0.810 bits per heavy atom. The molecule has 14 N–H and O–H groups in total. The van der Waals surface area contributed by atoms with E-state index in [-0.39, 0.29) is 88.8 Å². The lowest BCUT2D eigenvalue weighted by molar-refractivity contribution is -0.125. The summed E-state index contributed by atoms with van der Waals surface area (Å²) in [7, 11) is 0. The van der Waals surface area contributed by atoms with E-state index in [1.165, 1.54) is 64.2 Å². The van der Waals surface area contributed by atoms with Crippen LogP contribution in [0.1, 0.15) is 329 Å². The maximum atomic E-state index is 13.1. The largest absolute Gasteiger partial charge is 0.493 e. The number of hydrogen-bond donors (Lipinski definition) is 11. The third-order valence-electron chi connectivity index (χ3n) is 27.9. The van der Waals surface area contributed by atoms with Crippen LogP contribution in [-0.4, -0.2) is 118 Å². The average Bonchev–Trinajstić information content (AvgIpc) is 1.11. The zero-order valence-electron chi connectivity index (χ0n) is 91.4. The summed E-state index contributed by atoms with van der Waals surface area (Å²) in [5.41, 5.74) is 27.1. The monoisotopic (exact) mass is 2010 g/mol. The van der Waals surface area contributed by atoms with Gasteiger partial charge in [0, 0.05) is 38.3 Å². The molecule has 10 aromatic rings. The Hall–Kier alpha value is -11.7. The van der Waals surface area contributed by atoms with Crippen LogP contribution in [0.5, 0.6) is 28.7 Å². The van der Waals surface area contributed by atoms with Crippen molar-refractivity contribution in [3.05, 3.63) is 329 Å². The number of rotatable bonds is 55. The molecule has 12 rings (SSSR count). The third-order valence-corrected chi connectivity index (χ3v) is 27.9. The second-order valence-corrected chi connectivity index (χ2v) is 41.8. The van der Waals surface area contributed by atoms with Gasteiger partial charge in [0.15, 0.2) is 0 Å². The maximum Gasteiger partial charge on any atom is 0.227 e. The fraction of sp³-hybridized carbons (Fsp3) is 0.484. The van der Waals surface area contributed by atoms with Crippen molar-refractivity contribution in [3.63, 3.8) is 0 Å². The van der Waals surface area contributed by atoms with Crippen molar-refractivity contribution in [1.82, 2.24) is 37.2 Å². The van der Waals surface area contributed by atoms with Gasteiger partial charge >= 0.3 is 0 Å². The molecule has 21 nitrogen and oxygen atoms in total. The molecule has 0 bridgehead atoms. The van der Waals surface area contributed by atoms with E-state index in [4.69, 9.17) is 40.9 Å². The smallest absolute Gasteiger partial charge is 0.227 e. The molecule has 798 valence electrons. The van der Waals surface area contributed by atoms with Gasteiger partial charge in [0.25, 0.3) is 0 Å². The van der Waals surface area contributed by atoms with Crippen LogP contribution in [0.4, 0.5) is 0 Å². The summed E-state index contributed by atoms with van der Waals surface area (Å²) in [5.74, 6) is 6.52. The molecule has 4 unspecified atom stereocenters. The first-order valence-electron chi connectivity index (χ1n) is 54.5. The molecule has 2 fully saturated rings. The standard InChI is InChI=1S/C29H43N3O2.C27H38N2O2.C25H35NO3.C23H32N2O2.C22H30N2O2/c1-4-10-22(2)20-34-26-15-13-25(14-16-26)27(19-31-21-29(30)17-8-9-18-29)32-28(33)23(3)24-11-6-5-7-12-24;1-4-8-20(2)19-31-25-15-13-24(14-16-25)26(18-28-17-22-11-12-22)29-27(30)21(3)23-9-6-5-7-10-23;1-6-10-18(2)17-29-22-15-13-21(14-16-22)23(25(4,5)28)26-24(27)19(3)20-11-8-7-9-12-20;1-4-8-17(2)16-27-21-13-11-20(12-14-21)22(15-24)25-23(26)18(3)19-9-6-5-7-10-19;1-4-16(2)15-26-20-12-10-19(11-13-20)21(14-23)24-22(25)17(3)18-8-6-5-7-9-18/h5-7,11-16,22-23,27,31H,4,8-10,17-21,30H2,1-3H3,(H,32,33);5-7,9-10,13-16,20-22,26,28H,4,8,11-12,17-19H2,1-3H3,(H,29,30);7-9,11-16,18-19,23,28H,6,10,17H2,1-5H3,(H,26,27);5-7,9-14,17-18,22H,4,8,15-16,24H2,1-3H3,(H,25,26);5-13,16-17,21H,4,14-15,23H2,1-3H3,(H,24,25)/t22?,23-,27-;20?,21-,26-;18?,19-,23+;17?,18-,22-;16-,17-,21-/m00000/s1. The van der Waals surface area contributed by atoms with Gasteiger partial charge < -0.3 is 83.2 Å². The van der Waals surface area contributed by atoms with Gasteiger partial charge in [-0.05, 0) is 258 Å². The first kappa shape index (κ1) is 121. The highest BCUT2D eigenvalue weighted by Crippen LogP contribution is 2.34. The molecule has 21 heteroatoms. The van der Waals surface area contributed by atoms with Gasteiger partial charge in [-0.3, -0.25) is 24.0 Å². The maximum absolute atomic E-state index is 13.1. The molecule has 15 atom stereocenters. The number of aliphatic hydroxyl groups is 1. The Kier molecular flexibility index (Phi) is 53.5. The van der Waals surface area contributed by atoms with Crippen molar-refractivity contribution in [3.8, 4) is 28.7 Å². The van der Waals surface area contributed by atoms with Crippen LogP contribution in [0.15, 0.2) is 273 Å². The Bertz CT molecular complexity index is 5290. The number of ether oxygens (including phenoxy) is 5. The summed E-state index contributed by atoms with van der Waals surface area (Å²) in [6.45, 7) is 42.4. The van der Waals surface area contributed by atoms with E-state index in [2.05, 4.69) is 131 Å². The molecule has 147 heavy (non-hydrogen) atoms. The van der Waals surface area contributed by atoms with Crippen LogP contribution in [0.25, 0.3) is 0 Å². The highest BCUT2D eigenvalue weighted by molar-refractivity contribution is 5.86. The average molecular weight is 2010 g/mol. The first-order valence-corrected chi connectivity index (χ1v) is 54.5. The molecular weight excluding hydrogens is 1830 g/mol. The van der Waals surface area contributed by atoms with Gasteiger partial charge in [0.2, 0.25) is 29.5 Å². The van der Waals surface area contributed by atoms with Crippen molar-refractivity contribution < 1.29 is 52.8 Å². The van der Waals surface area contributed by atoms with E-state index in [0.29, 0.717) is 62.4 Å². The molecule has 2 aliphatic carbocycles. The zero-order valence-corrected chi connectivity index (χ0v) is 91.4.